The Hall–Kier alpha value is -1.16. The number of aldehydes is 1. The van der Waals surface area contributed by atoms with Gasteiger partial charge in [0.1, 0.15) is 5.69 Å². The van der Waals surface area contributed by atoms with Crippen LogP contribution in [0.25, 0.3) is 0 Å². The van der Waals surface area contributed by atoms with E-state index in [1.54, 1.807) is 12.5 Å². The molecular weight excluding hydrogens is 166 g/mol. The van der Waals surface area contributed by atoms with Crippen molar-refractivity contribution in [2.45, 2.75) is 19.5 Å². The summed E-state index contributed by atoms with van der Waals surface area (Å²) in [6.07, 6.45) is 4.09. The third-order valence-corrected chi connectivity index (χ3v) is 2.21. The lowest BCUT2D eigenvalue weighted by Gasteiger charge is -2.20. The smallest absolute Gasteiger partial charge is 0.168 e. The Morgan fingerprint density at radius 1 is 1.69 bits per heavy atom. The summed E-state index contributed by atoms with van der Waals surface area (Å²) < 4.78 is 1.86. The highest BCUT2D eigenvalue weighted by molar-refractivity contribution is 5.71. The molecule has 0 radical (unpaired) electrons. The maximum absolute atomic E-state index is 10.6. The van der Waals surface area contributed by atoms with Gasteiger partial charge in [-0.1, -0.05) is 0 Å². The van der Waals surface area contributed by atoms with Crippen LogP contribution in [0.15, 0.2) is 12.5 Å². The van der Waals surface area contributed by atoms with Crippen LogP contribution >= 0.6 is 0 Å². The molecule has 0 saturated heterocycles. The van der Waals surface area contributed by atoms with Crippen molar-refractivity contribution in [1.82, 2.24) is 14.5 Å². The number of carbonyl (C=O) groups is 1. The standard InChI is InChI=1S/C9H15N3O/c1-8(11(2)3)5-12-7-10-4-9(12)6-13/h4,6-8H,5H2,1-3H3. The molecule has 1 unspecified atom stereocenters. The molecule has 4 nitrogen and oxygen atoms in total. The predicted molar refractivity (Wildman–Crippen MR) is 50.8 cm³/mol. The maximum Gasteiger partial charge on any atom is 0.168 e. The zero-order valence-corrected chi connectivity index (χ0v) is 8.27. The van der Waals surface area contributed by atoms with Crippen molar-refractivity contribution in [1.29, 1.82) is 0 Å². The van der Waals surface area contributed by atoms with Gasteiger partial charge in [-0.25, -0.2) is 4.98 Å². The second-order valence-electron chi connectivity index (χ2n) is 3.40. The van der Waals surface area contributed by atoms with Gasteiger partial charge in [0.05, 0.1) is 12.5 Å². The van der Waals surface area contributed by atoms with Crippen molar-refractivity contribution >= 4 is 6.29 Å². The minimum atomic E-state index is 0.396. The van der Waals surface area contributed by atoms with Crippen LogP contribution in [-0.2, 0) is 6.54 Å². The van der Waals surface area contributed by atoms with E-state index in [4.69, 9.17) is 0 Å². The number of carbonyl (C=O) groups excluding carboxylic acids is 1. The minimum absolute atomic E-state index is 0.396. The van der Waals surface area contributed by atoms with Crippen molar-refractivity contribution in [2.24, 2.45) is 0 Å². The van der Waals surface area contributed by atoms with Crippen molar-refractivity contribution < 1.29 is 4.79 Å². The third kappa shape index (κ3) is 2.39. The first kappa shape index (κ1) is 9.92. The molecule has 0 bridgehead atoms. The van der Waals surface area contributed by atoms with Crippen LogP contribution in [0, 0.1) is 0 Å². The Bertz CT molecular complexity index is 280. The van der Waals surface area contributed by atoms with Gasteiger partial charge in [0.2, 0.25) is 0 Å². The second-order valence-corrected chi connectivity index (χ2v) is 3.40. The van der Waals surface area contributed by atoms with Crippen molar-refractivity contribution in [3.05, 3.63) is 18.2 Å². The maximum atomic E-state index is 10.6. The molecule has 1 aromatic rings. The molecule has 0 aliphatic rings. The summed E-state index contributed by atoms with van der Waals surface area (Å²) in [5.74, 6) is 0. The molecule has 1 heterocycles. The lowest BCUT2D eigenvalue weighted by Crippen LogP contribution is -2.29. The van der Waals surface area contributed by atoms with E-state index in [2.05, 4.69) is 16.8 Å². The number of hydrogen-bond donors (Lipinski definition) is 0. The fraction of sp³-hybridized carbons (Fsp3) is 0.556. The normalized spacial score (nSPS) is 13.2. The van der Waals surface area contributed by atoms with Gasteiger partial charge in [0.15, 0.2) is 6.29 Å². The molecule has 0 N–H and O–H groups in total. The lowest BCUT2D eigenvalue weighted by atomic mass is 10.3. The Morgan fingerprint density at radius 3 is 2.92 bits per heavy atom. The Labute approximate surface area is 78.2 Å². The SMILES string of the molecule is CC(Cn1cncc1C=O)N(C)C. The molecule has 1 atom stereocenters. The van der Waals surface area contributed by atoms with Crippen LogP contribution in [0.4, 0.5) is 0 Å². The zero-order valence-electron chi connectivity index (χ0n) is 8.27. The molecule has 4 heteroatoms. The summed E-state index contributed by atoms with van der Waals surface area (Å²) >= 11 is 0. The van der Waals surface area contributed by atoms with Crippen LogP contribution in [0.1, 0.15) is 17.4 Å². The van der Waals surface area contributed by atoms with Gasteiger partial charge in [-0.05, 0) is 21.0 Å². The number of nitrogens with zero attached hydrogens (tertiary/aromatic N) is 3. The summed E-state index contributed by atoms with van der Waals surface area (Å²) in [6, 6.07) is 0.396. The van der Waals surface area contributed by atoms with Crippen LogP contribution < -0.4 is 0 Å². The summed E-state index contributed by atoms with van der Waals surface area (Å²) in [7, 11) is 4.03. The number of rotatable bonds is 4. The van der Waals surface area contributed by atoms with Gasteiger partial charge >= 0.3 is 0 Å². The van der Waals surface area contributed by atoms with Gasteiger partial charge in [0, 0.05) is 12.6 Å². The Kier molecular flexibility index (Phi) is 3.19. The number of hydrogen-bond acceptors (Lipinski definition) is 3. The summed E-state index contributed by atoms with van der Waals surface area (Å²) in [6.45, 7) is 2.90. The summed E-state index contributed by atoms with van der Waals surface area (Å²) in [5.41, 5.74) is 0.633. The van der Waals surface area contributed by atoms with Crippen LogP contribution in [0.5, 0.6) is 0 Å². The van der Waals surface area contributed by atoms with E-state index in [9.17, 15) is 4.79 Å². The number of imidazole rings is 1. The number of likely N-dealkylation sites (N-methyl/N-ethyl adjacent to an activating group) is 1. The molecule has 0 amide bonds. The van der Waals surface area contributed by atoms with Crippen molar-refractivity contribution in [3.8, 4) is 0 Å². The van der Waals surface area contributed by atoms with Gasteiger partial charge in [-0.2, -0.15) is 0 Å². The molecule has 0 aliphatic carbocycles. The van der Waals surface area contributed by atoms with Crippen molar-refractivity contribution in [3.63, 3.8) is 0 Å². The first-order valence-corrected chi connectivity index (χ1v) is 4.27. The molecule has 1 rings (SSSR count). The first-order valence-electron chi connectivity index (χ1n) is 4.27. The van der Waals surface area contributed by atoms with Crippen LogP contribution in [0.3, 0.4) is 0 Å². The minimum Gasteiger partial charge on any atom is -0.327 e. The van der Waals surface area contributed by atoms with Crippen LogP contribution in [-0.4, -0.2) is 40.9 Å². The molecular formula is C9H15N3O. The van der Waals surface area contributed by atoms with E-state index in [1.165, 1.54) is 0 Å². The quantitative estimate of drug-likeness (QED) is 0.640. The van der Waals surface area contributed by atoms with Crippen LogP contribution in [0.2, 0.25) is 0 Å². The van der Waals surface area contributed by atoms with E-state index in [1.807, 2.05) is 18.7 Å². The van der Waals surface area contributed by atoms with Gasteiger partial charge in [0.25, 0.3) is 0 Å². The Morgan fingerprint density at radius 2 is 2.38 bits per heavy atom. The molecule has 1 aromatic heterocycles. The predicted octanol–water partition coefficient (Wildman–Crippen LogP) is 0.646. The molecule has 72 valence electrons. The second kappa shape index (κ2) is 4.18. The fourth-order valence-electron chi connectivity index (χ4n) is 1.03. The van der Waals surface area contributed by atoms with Gasteiger partial charge < -0.3 is 9.47 Å². The van der Waals surface area contributed by atoms with E-state index in [0.29, 0.717) is 11.7 Å². The van der Waals surface area contributed by atoms with E-state index >= 15 is 0 Å². The van der Waals surface area contributed by atoms with Gasteiger partial charge in [-0.15, -0.1) is 0 Å². The molecule has 0 fully saturated rings. The third-order valence-electron chi connectivity index (χ3n) is 2.21. The molecule has 0 saturated carbocycles. The van der Waals surface area contributed by atoms with E-state index in [0.717, 1.165) is 12.8 Å². The fourth-order valence-corrected chi connectivity index (χ4v) is 1.03. The molecule has 0 aromatic carbocycles. The van der Waals surface area contributed by atoms with Crippen molar-refractivity contribution in [2.75, 3.05) is 14.1 Å². The molecule has 0 aliphatic heterocycles. The molecule has 13 heavy (non-hydrogen) atoms. The Balaban J connectivity index is 2.68. The highest BCUT2D eigenvalue weighted by Crippen LogP contribution is 2.01. The highest BCUT2D eigenvalue weighted by Gasteiger charge is 2.07. The first-order chi connectivity index (χ1) is 6.15. The highest BCUT2D eigenvalue weighted by atomic mass is 16.1. The number of aromatic nitrogens is 2. The van der Waals surface area contributed by atoms with E-state index < -0.39 is 0 Å². The monoisotopic (exact) mass is 181 g/mol. The average Bonchev–Trinajstić information content (AvgIpc) is 2.51. The summed E-state index contributed by atoms with van der Waals surface area (Å²) in [5, 5.41) is 0. The molecule has 0 spiro atoms. The largest absolute Gasteiger partial charge is 0.327 e. The average molecular weight is 181 g/mol. The summed E-state index contributed by atoms with van der Waals surface area (Å²) in [4.78, 5) is 16.6. The lowest BCUT2D eigenvalue weighted by molar-refractivity contribution is 0.111. The van der Waals surface area contributed by atoms with Gasteiger partial charge in [-0.3, -0.25) is 4.79 Å². The topological polar surface area (TPSA) is 38.1 Å². The van der Waals surface area contributed by atoms with E-state index in [-0.39, 0.29) is 0 Å². The zero-order chi connectivity index (χ0) is 9.84.